The van der Waals surface area contributed by atoms with E-state index in [0.29, 0.717) is 35.4 Å². The van der Waals surface area contributed by atoms with Crippen LogP contribution in [0, 0.1) is 28.6 Å². The highest BCUT2D eigenvalue weighted by atomic mass is 15.3. The van der Waals surface area contributed by atoms with Crippen molar-refractivity contribution in [2.75, 3.05) is 13.1 Å². The van der Waals surface area contributed by atoms with Gasteiger partial charge in [0.2, 0.25) is 0 Å². The van der Waals surface area contributed by atoms with Crippen molar-refractivity contribution in [3.63, 3.8) is 0 Å². The van der Waals surface area contributed by atoms with Gasteiger partial charge in [0.15, 0.2) is 5.96 Å². The second-order valence-electron chi connectivity index (χ2n) is 8.43. The van der Waals surface area contributed by atoms with Gasteiger partial charge in [0, 0.05) is 31.2 Å². The maximum atomic E-state index is 8.46. The summed E-state index contributed by atoms with van der Waals surface area (Å²) in [5, 5.41) is 15.6. The first kappa shape index (κ1) is 15.1. The number of fused-ring (bicyclic) bond motifs is 2. The average Bonchev–Trinajstić information content (AvgIpc) is 2.39. The lowest BCUT2D eigenvalue weighted by molar-refractivity contribution is -0.112. The summed E-state index contributed by atoms with van der Waals surface area (Å²) in [7, 11) is 0. The summed E-state index contributed by atoms with van der Waals surface area (Å²) in [4.78, 5) is 2.21. The van der Waals surface area contributed by atoms with Crippen LogP contribution in [-0.4, -0.2) is 42.1 Å². The van der Waals surface area contributed by atoms with Crippen molar-refractivity contribution >= 4 is 5.96 Å². The minimum Gasteiger partial charge on any atom is -0.353 e. The monoisotopic (exact) mass is 292 g/mol. The van der Waals surface area contributed by atoms with Crippen molar-refractivity contribution in [3.8, 4) is 0 Å². The molecule has 120 valence electrons. The Morgan fingerprint density at radius 1 is 1.14 bits per heavy atom. The van der Waals surface area contributed by atoms with Crippen molar-refractivity contribution in [1.29, 1.82) is 5.41 Å². The van der Waals surface area contributed by atoms with E-state index in [9.17, 15) is 0 Å². The lowest BCUT2D eigenvalue weighted by Crippen LogP contribution is -2.64. The molecule has 2 bridgehead atoms. The summed E-state index contributed by atoms with van der Waals surface area (Å²) in [5.74, 6) is 3.02. The summed E-state index contributed by atoms with van der Waals surface area (Å²) >= 11 is 0. The van der Waals surface area contributed by atoms with Crippen LogP contribution < -0.4 is 10.6 Å². The minimum absolute atomic E-state index is 0.465. The normalized spacial score (nSPS) is 44.9. The molecule has 0 aromatic rings. The van der Waals surface area contributed by atoms with Gasteiger partial charge in [-0.25, -0.2) is 0 Å². The highest BCUT2D eigenvalue weighted by Crippen LogP contribution is 2.61. The number of guanidine groups is 1. The third-order valence-electron chi connectivity index (χ3n) is 6.55. The topological polar surface area (TPSA) is 51.2 Å². The predicted octanol–water partition coefficient (Wildman–Crippen LogP) is 2.26. The molecule has 1 heterocycles. The summed E-state index contributed by atoms with van der Waals surface area (Å²) in [6.45, 7) is 13.5. The molecule has 1 aliphatic heterocycles. The van der Waals surface area contributed by atoms with Gasteiger partial charge in [-0.05, 0) is 49.9 Å². The first-order valence-electron chi connectivity index (χ1n) is 8.65. The van der Waals surface area contributed by atoms with Crippen LogP contribution in [0.2, 0.25) is 0 Å². The van der Waals surface area contributed by atoms with E-state index in [1.54, 1.807) is 0 Å². The van der Waals surface area contributed by atoms with Crippen LogP contribution in [0.4, 0.5) is 0 Å². The van der Waals surface area contributed by atoms with Gasteiger partial charge in [0.1, 0.15) is 0 Å². The lowest BCUT2D eigenvalue weighted by atomic mass is 9.45. The Bertz CT molecular complexity index is 409. The molecule has 3 aliphatic carbocycles. The van der Waals surface area contributed by atoms with E-state index in [1.165, 1.54) is 12.8 Å². The smallest absolute Gasteiger partial charge is 0.191 e. The van der Waals surface area contributed by atoms with E-state index in [-0.39, 0.29) is 0 Å². The van der Waals surface area contributed by atoms with Crippen LogP contribution in [0.3, 0.4) is 0 Å². The fraction of sp³-hybridized carbons (Fsp3) is 0.941. The van der Waals surface area contributed by atoms with E-state index in [4.69, 9.17) is 5.41 Å². The van der Waals surface area contributed by atoms with E-state index < -0.39 is 0 Å². The molecule has 0 aromatic heterocycles. The summed E-state index contributed by atoms with van der Waals surface area (Å²) < 4.78 is 0. The van der Waals surface area contributed by atoms with Gasteiger partial charge in [-0.15, -0.1) is 0 Å². The number of hydrogen-bond acceptors (Lipinski definition) is 2. The van der Waals surface area contributed by atoms with E-state index in [1.807, 2.05) is 0 Å². The van der Waals surface area contributed by atoms with Gasteiger partial charge < -0.3 is 15.5 Å². The van der Waals surface area contributed by atoms with Crippen LogP contribution >= 0.6 is 0 Å². The summed E-state index contributed by atoms with van der Waals surface area (Å²) in [5.41, 5.74) is 0.526. The van der Waals surface area contributed by atoms with E-state index in [2.05, 4.69) is 50.2 Å². The molecule has 0 amide bonds. The Kier molecular flexibility index (Phi) is 3.71. The van der Waals surface area contributed by atoms with Crippen LogP contribution in [0.25, 0.3) is 0 Å². The Balaban J connectivity index is 1.59. The van der Waals surface area contributed by atoms with Crippen LogP contribution in [0.15, 0.2) is 0 Å². The molecule has 0 aromatic carbocycles. The lowest BCUT2D eigenvalue weighted by Gasteiger charge is -2.62. The van der Waals surface area contributed by atoms with Gasteiger partial charge in [-0.1, -0.05) is 20.8 Å². The molecule has 21 heavy (non-hydrogen) atoms. The molecule has 3 saturated carbocycles. The number of nitrogens with one attached hydrogen (secondary N) is 3. The molecule has 4 aliphatic rings. The van der Waals surface area contributed by atoms with Crippen LogP contribution in [-0.2, 0) is 0 Å². The number of nitrogens with zero attached hydrogens (tertiary/aromatic N) is 1. The molecule has 1 saturated heterocycles. The molecular formula is C17H32N4. The fourth-order valence-electron chi connectivity index (χ4n) is 5.12. The fourth-order valence-corrected chi connectivity index (χ4v) is 5.12. The van der Waals surface area contributed by atoms with Crippen LogP contribution in [0.1, 0.15) is 47.5 Å². The van der Waals surface area contributed by atoms with Crippen molar-refractivity contribution in [3.05, 3.63) is 0 Å². The third kappa shape index (κ3) is 2.56. The SMILES string of the molecule is CC1CN(C(=N)NC2C[C@@H]3C[C@@H]([C@H]2C)C3(C)C)CC(C)N1. The molecule has 3 N–H and O–H groups in total. The summed E-state index contributed by atoms with van der Waals surface area (Å²) in [6, 6.07) is 1.42. The van der Waals surface area contributed by atoms with Crippen molar-refractivity contribution in [2.45, 2.75) is 65.6 Å². The van der Waals surface area contributed by atoms with E-state index >= 15 is 0 Å². The van der Waals surface area contributed by atoms with Gasteiger partial charge in [-0.2, -0.15) is 0 Å². The van der Waals surface area contributed by atoms with Gasteiger partial charge >= 0.3 is 0 Å². The average molecular weight is 292 g/mol. The molecule has 4 fully saturated rings. The molecule has 3 unspecified atom stereocenters. The molecule has 6 atom stereocenters. The molecule has 4 rings (SSSR count). The zero-order chi connectivity index (χ0) is 15.4. The van der Waals surface area contributed by atoms with Crippen molar-refractivity contribution < 1.29 is 0 Å². The number of rotatable bonds is 1. The molecule has 4 heteroatoms. The third-order valence-corrected chi connectivity index (χ3v) is 6.55. The largest absolute Gasteiger partial charge is 0.353 e. The van der Waals surface area contributed by atoms with Gasteiger partial charge in [0.25, 0.3) is 0 Å². The highest BCUT2D eigenvalue weighted by Gasteiger charge is 2.56. The zero-order valence-electron chi connectivity index (χ0n) is 14.2. The Morgan fingerprint density at radius 2 is 1.76 bits per heavy atom. The molecule has 4 nitrogen and oxygen atoms in total. The first-order valence-corrected chi connectivity index (χ1v) is 8.65. The van der Waals surface area contributed by atoms with E-state index in [0.717, 1.165) is 24.9 Å². The quantitative estimate of drug-likeness (QED) is 0.513. The maximum Gasteiger partial charge on any atom is 0.191 e. The second kappa shape index (κ2) is 5.15. The first-order chi connectivity index (χ1) is 9.79. The Hall–Kier alpha value is -0.770. The minimum atomic E-state index is 0.465. The summed E-state index contributed by atoms with van der Waals surface area (Å²) in [6.07, 6.45) is 2.64. The second-order valence-corrected chi connectivity index (χ2v) is 8.43. The van der Waals surface area contributed by atoms with Gasteiger partial charge in [0.05, 0.1) is 0 Å². The van der Waals surface area contributed by atoms with Crippen molar-refractivity contribution in [1.82, 2.24) is 15.5 Å². The predicted molar refractivity (Wildman–Crippen MR) is 87.4 cm³/mol. The number of piperazine rings is 1. The zero-order valence-corrected chi connectivity index (χ0v) is 14.2. The maximum absolute atomic E-state index is 8.46. The van der Waals surface area contributed by atoms with Gasteiger partial charge in [-0.3, -0.25) is 5.41 Å². The Morgan fingerprint density at radius 3 is 2.29 bits per heavy atom. The molecular weight excluding hydrogens is 260 g/mol. The van der Waals surface area contributed by atoms with Crippen LogP contribution in [0.5, 0.6) is 0 Å². The molecule has 0 spiro atoms. The molecule has 0 radical (unpaired) electrons. The number of hydrogen-bond donors (Lipinski definition) is 3. The van der Waals surface area contributed by atoms with Crippen molar-refractivity contribution in [2.24, 2.45) is 23.2 Å². The standard InChI is InChI=1S/C17H32N4/c1-10-8-21(9-11(2)19-10)16(18)20-15-7-13-6-14(12(15)3)17(13,4)5/h10-15,19H,6-9H2,1-5H3,(H2,18,20)/t10?,11?,12-,13+,14+,15?/m1/s1. The highest BCUT2D eigenvalue weighted by molar-refractivity contribution is 5.77. The Labute approximate surface area is 129 Å².